The molecule has 0 saturated carbocycles. The maximum atomic E-state index is 13.7. The molecule has 1 aromatic rings. The fourth-order valence-corrected chi connectivity index (χ4v) is 1.79. The lowest BCUT2D eigenvalue weighted by Crippen LogP contribution is -2.43. The van der Waals surface area contributed by atoms with Crippen molar-refractivity contribution in [3.8, 4) is 0 Å². The average molecular weight is 267 g/mol. The molecule has 1 unspecified atom stereocenters. The highest BCUT2D eigenvalue weighted by Crippen LogP contribution is 2.26. The van der Waals surface area contributed by atoms with Crippen molar-refractivity contribution < 1.29 is 8.78 Å². The zero-order valence-corrected chi connectivity index (χ0v) is 12.2. The van der Waals surface area contributed by atoms with Crippen LogP contribution in [0.5, 0.6) is 0 Å². The Morgan fingerprint density at radius 2 is 1.84 bits per heavy atom. The lowest BCUT2D eigenvalue weighted by molar-refractivity contribution is 0.319. The highest BCUT2D eigenvalue weighted by molar-refractivity contribution is 5.21. The summed E-state index contributed by atoms with van der Waals surface area (Å²) in [5.41, 5.74) is 0.0465. The van der Waals surface area contributed by atoms with Crippen molar-refractivity contribution in [1.82, 2.24) is 5.32 Å². The Kier molecular flexibility index (Phi) is 4.86. The molecule has 0 radical (unpaired) electrons. The van der Waals surface area contributed by atoms with E-state index in [1.807, 2.05) is 6.92 Å². The number of hydrogen-bond acceptors (Lipinski definition) is 1. The first kappa shape index (κ1) is 15.8. The van der Waals surface area contributed by atoms with Crippen molar-refractivity contribution in [3.63, 3.8) is 0 Å². The zero-order valence-electron chi connectivity index (χ0n) is 12.2. The molecule has 1 nitrogen and oxygen atoms in total. The second-order valence-electron chi connectivity index (χ2n) is 6.35. The summed E-state index contributed by atoms with van der Waals surface area (Å²) in [5.74, 6) is -1.56. The fourth-order valence-electron chi connectivity index (χ4n) is 1.79. The van der Waals surface area contributed by atoms with Crippen LogP contribution in [0.25, 0.3) is 0 Å². The smallest absolute Gasteiger partial charge is 0.162 e. The van der Waals surface area contributed by atoms with E-state index in [1.54, 1.807) is 12.1 Å². The number of halogens is 2. The molecule has 0 aliphatic heterocycles. The largest absolute Gasteiger partial charge is 0.311 e. The van der Waals surface area contributed by atoms with Gasteiger partial charge in [-0.3, -0.25) is 0 Å². The molecule has 0 heterocycles. The van der Waals surface area contributed by atoms with Crippen molar-refractivity contribution in [2.45, 2.75) is 39.7 Å². The summed E-state index contributed by atoms with van der Waals surface area (Å²) in [5, 5.41) is 3.38. The minimum absolute atomic E-state index is 0.0231. The quantitative estimate of drug-likeness (QED) is 0.792. The van der Waals surface area contributed by atoms with Gasteiger partial charge in [0.1, 0.15) is 0 Å². The van der Waals surface area contributed by atoms with Crippen LogP contribution in [-0.2, 0) is 6.42 Å². The predicted octanol–water partition coefficient (Wildman–Crippen LogP) is 4.09. The van der Waals surface area contributed by atoms with Crippen LogP contribution in [-0.4, -0.2) is 12.1 Å². The Hall–Kier alpha value is -1.22. The second kappa shape index (κ2) is 5.83. The van der Waals surface area contributed by atoms with E-state index in [0.29, 0.717) is 18.5 Å². The molecule has 0 saturated heterocycles. The van der Waals surface area contributed by atoms with Crippen LogP contribution in [0.2, 0.25) is 0 Å². The van der Waals surface area contributed by atoms with E-state index in [4.69, 9.17) is 0 Å². The lowest BCUT2D eigenvalue weighted by atomic mass is 9.83. The predicted molar refractivity (Wildman–Crippen MR) is 76.1 cm³/mol. The summed E-state index contributed by atoms with van der Waals surface area (Å²) in [7, 11) is 0. The van der Waals surface area contributed by atoms with Gasteiger partial charge in [-0.2, -0.15) is 0 Å². The average Bonchev–Trinajstić information content (AvgIpc) is 2.32. The van der Waals surface area contributed by atoms with E-state index in [0.717, 1.165) is 6.07 Å². The number of hydrogen-bond donors (Lipinski definition) is 1. The Morgan fingerprint density at radius 3 is 2.37 bits per heavy atom. The van der Waals surface area contributed by atoms with Crippen LogP contribution < -0.4 is 5.32 Å². The van der Waals surface area contributed by atoms with Gasteiger partial charge in [0.05, 0.1) is 0 Å². The van der Waals surface area contributed by atoms with Crippen LogP contribution >= 0.6 is 0 Å². The molecule has 3 heteroatoms. The highest BCUT2D eigenvalue weighted by atomic mass is 19.2. The zero-order chi connectivity index (χ0) is 14.7. The molecule has 106 valence electrons. The van der Waals surface area contributed by atoms with E-state index in [-0.39, 0.29) is 11.0 Å². The normalized spacial score (nSPS) is 15.1. The first-order valence-electron chi connectivity index (χ1n) is 6.48. The number of benzene rings is 1. The summed E-state index contributed by atoms with van der Waals surface area (Å²) in [6.45, 7) is 12.7. The van der Waals surface area contributed by atoms with Gasteiger partial charge >= 0.3 is 0 Å². The minimum Gasteiger partial charge on any atom is -0.311 e. The van der Waals surface area contributed by atoms with E-state index >= 15 is 0 Å². The molecule has 1 N–H and O–H groups in total. The highest BCUT2D eigenvalue weighted by Gasteiger charge is 2.25. The molecule has 19 heavy (non-hydrogen) atoms. The van der Waals surface area contributed by atoms with Crippen molar-refractivity contribution in [3.05, 3.63) is 48.1 Å². The van der Waals surface area contributed by atoms with Gasteiger partial charge in [0, 0.05) is 17.5 Å². The van der Waals surface area contributed by atoms with E-state index in [2.05, 4.69) is 32.7 Å². The first-order chi connectivity index (χ1) is 8.67. The Labute approximate surface area is 114 Å². The molecule has 0 spiro atoms. The van der Waals surface area contributed by atoms with Crippen LogP contribution in [0.4, 0.5) is 8.78 Å². The van der Waals surface area contributed by atoms with Crippen molar-refractivity contribution in [1.29, 1.82) is 0 Å². The molecule has 0 fully saturated rings. The summed E-state index contributed by atoms with van der Waals surface area (Å²) < 4.78 is 26.9. The van der Waals surface area contributed by atoms with Gasteiger partial charge < -0.3 is 5.32 Å². The van der Waals surface area contributed by atoms with E-state index in [9.17, 15) is 8.78 Å². The van der Waals surface area contributed by atoms with Gasteiger partial charge in [-0.25, -0.2) is 8.78 Å². The molecule has 1 rings (SSSR count). The van der Waals surface area contributed by atoms with Gasteiger partial charge in [0.2, 0.25) is 0 Å². The summed E-state index contributed by atoms with van der Waals surface area (Å²) in [6.07, 6.45) is 2.22. The summed E-state index contributed by atoms with van der Waals surface area (Å²) in [4.78, 5) is 0. The topological polar surface area (TPSA) is 12.0 Å². The fraction of sp³-hybridized carbons (Fsp3) is 0.500. The SMILES string of the molecule is C=CC(C)(CNC(C)(C)C)Cc1cccc(F)c1F. The maximum Gasteiger partial charge on any atom is 0.162 e. The Balaban J connectivity index is 2.86. The van der Waals surface area contributed by atoms with Crippen molar-refractivity contribution in [2.75, 3.05) is 6.54 Å². The number of nitrogens with one attached hydrogen (secondary N) is 1. The van der Waals surface area contributed by atoms with Crippen molar-refractivity contribution in [2.24, 2.45) is 5.41 Å². The second-order valence-corrected chi connectivity index (χ2v) is 6.35. The standard InChI is InChI=1S/C16H23F2N/c1-6-16(5,11-19-15(2,3)4)10-12-8-7-9-13(17)14(12)18/h6-9,19H,1,10-11H2,2-5H3. The molecular formula is C16H23F2N. The molecule has 0 aliphatic rings. The van der Waals surface area contributed by atoms with Crippen LogP contribution in [0.1, 0.15) is 33.3 Å². The number of rotatable bonds is 5. The minimum atomic E-state index is -0.798. The maximum absolute atomic E-state index is 13.7. The third-order valence-corrected chi connectivity index (χ3v) is 3.14. The molecule has 0 aromatic heterocycles. The molecule has 0 amide bonds. The molecule has 0 bridgehead atoms. The summed E-state index contributed by atoms with van der Waals surface area (Å²) in [6, 6.07) is 4.29. The molecular weight excluding hydrogens is 244 g/mol. The summed E-state index contributed by atoms with van der Waals surface area (Å²) >= 11 is 0. The van der Waals surface area contributed by atoms with Crippen LogP contribution in [0.3, 0.4) is 0 Å². The Bertz CT molecular complexity index is 449. The van der Waals surface area contributed by atoms with Gasteiger partial charge in [-0.1, -0.05) is 25.1 Å². The monoisotopic (exact) mass is 267 g/mol. The van der Waals surface area contributed by atoms with Gasteiger partial charge in [0.25, 0.3) is 0 Å². The van der Waals surface area contributed by atoms with Gasteiger partial charge in [0.15, 0.2) is 11.6 Å². The Morgan fingerprint density at radius 1 is 1.21 bits per heavy atom. The lowest BCUT2D eigenvalue weighted by Gasteiger charge is -2.31. The van der Waals surface area contributed by atoms with Crippen LogP contribution in [0, 0.1) is 17.0 Å². The van der Waals surface area contributed by atoms with Gasteiger partial charge in [-0.15, -0.1) is 6.58 Å². The molecule has 1 aromatic carbocycles. The van der Waals surface area contributed by atoms with Crippen molar-refractivity contribution >= 4 is 0 Å². The van der Waals surface area contributed by atoms with E-state index in [1.165, 1.54) is 6.07 Å². The first-order valence-corrected chi connectivity index (χ1v) is 6.48. The van der Waals surface area contributed by atoms with E-state index < -0.39 is 11.6 Å². The van der Waals surface area contributed by atoms with Crippen LogP contribution in [0.15, 0.2) is 30.9 Å². The molecule has 0 aliphatic carbocycles. The third kappa shape index (κ3) is 4.75. The molecule has 1 atom stereocenters. The third-order valence-electron chi connectivity index (χ3n) is 3.14. The van der Waals surface area contributed by atoms with Gasteiger partial charge in [-0.05, 0) is 38.8 Å².